The summed E-state index contributed by atoms with van der Waals surface area (Å²) < 4.78 is 10.4. The molecule has 0 unspecified atom stereocenters. The normalized spacial score (nSPS) is 15.6. The number of amides is 2. The number of quaternary nitrogens is 1. The Labute approximate surface area is 151 Å². The molecule has 0 radical (unpaired) electrons. The number of hydrogen-bond donors (Lipinski definition) is 4. The average molecular weight is 359 g/mol. The Morgan fingerprint density at radius 2 is 2.08 bits per heavy atom. The van der Waals surface area contributed by atoms with Crippen molar-refractivity contribution in [2.24, 2.45) is 0 Å². The molecule has 0 aromatic carbocycles. The van der Waals surface area contributed by atoms with Crippen LogP contribution in [0, 0.1) is 0 Å². The molecule has 2 aromatic rings. The second-order valence-electron chi connectivity index (χ2n) is 5.98. The fraction of sp³-hybridized carbons (Fsp3) is 0.333. The maximum Gasteiger partial charge on any atom is 0.291 e. The molecular formula is C18H23N4O4+. The topological polar surface area (TPSA) is 101 Å². The Morgan fingerprint density at radius 3 is 2.77 bits per heavy atom. The molecule has 26 heavy (non-hydrogen) atoms. The summed E-state index contributed by atoms with van der Waals surface area (Å²) in [6.07, 6.45) is 4.75. The summed E-state index contributed by atoms with van der Waals surface area (Å²) in [5.41, 5.74) is 0.875. The molecule has 2 aromatic heterocycles. The van der Waals surface area contributed by atoms with Crippen LogP contribution < -0.4 is 15.5 Å². The second-order valence-corrected chi connectivity index (χ2v) is 5.98. The van der Waals surface area contributed by atoms with Gasteiger partial charge in [0.1, 0.15) is 18.8 Å². The highest BCUT2D eigenvalue weighted by molar-refractivity contribution is 6.04. The fourth-order valence-corrected chi connectivity index (χ4v) is 2.70. The van der Waals surface area contributed by atoms with Crippen LogP contribution in [0.1, 0.15) is 16.2 Å². The van der Waals surface area contributed by atoms with E-state index in [9.17, 15) is 9.59 Å². The minimum atomic E-state index is -0.471. The quantitative estimate of drug-likeness (QED) is 0.497. The van der Waals surface area contributed by atoms with Gasteiger partial charge in [-0.25, -0.2) is 0 Å². The van der Waals surface area contributed by atoms with Crippen LogP contribution in [0.5, 0.6) is 0 Å². The molecule has 0 bridgehead atoms. The molecule has 1 fully saturated rings. The number of hydrogen-bond acceptors (Lipinski definition) is 4. The largest absolute Gasteiger partial charge is 0.459 e. The highest BCUT2D eigenvalue weighted by Gasteiger charge is 2.18. The van der Waals surface area contributed by atoms with E-state index in [0.29, 0.717) is 12.2 Å². The van der Waals surface area contributed by atoms with E-state index in [1.54, 1.807) is 24.4 Å². The zero-order valence-electron chi connectivity index (χ0n) is 14.4. The maximum absolute atomic E-state index is 12.5. The molecular weight excluding hydrogens is 336 g/mol. The number of nitrogens with one attached hydrogen (secondary N) is 4. The molecule has 2 amide bonds. The van der Waals surface area contributed by atoms with Gasteiger partial charge in [-0.2, -0.15) is 0 Å². The van der Waals surface area contributed by atoms with Crippen LogP contribution in [0.2, 0.25) is 0 Å². The summed E-state index contributed by atoms with van der Waals surface area (Å²) >= 11 is 0. The van der Waals surface area contributed by atoms with Crippen LogP contribution in [0.3, 0.4) is 0 Å². The van der Waals surface area contributed by atoms with Crippen LogP contribution in [-0.4, -0.2) is 56.2 Å². The number of furan rings is 1. The van der Waals surface area contributed by atoms with Crippen LogP contribution in [-0.2, 0) is 9.53 Å². The van der Waals surface area contributed by atoms with Gasteiger partial charge in [0.15, 0.2) is 5.76 Å². The number of aromatic amines is 1. The van der Waals surface area contributed by atoms with Crippen molar-refractivity contribution in [3.8, 4) is 0 Å². The predicted octanol–water partition coefficient (Wildman–Crippen LogP) is -0.590. The predicted molar refractivity (Wildman–Crippen MR) is 94.3 cm³/mol. The smallest absolute Gasteiger partial charge is 0.291 e. The third-order valence-corrected chi connectivity index (χ3v) is 4.12. The van der Waals surface area contributed by atoms with Crippen molar-refractivity contribution in [3.63, 3.8) is 0 Å². The van der Waals surface area contributed by atoms with Crippen LogP contribution in [0.4, 0.5) is 0 Å². The molecule has 1 saturated heterocycles. The standard InChI is InChI=1S/C18H22N4O4/c23-17(20-6-7-22-8-11-25-12-9-22)15(13-14-3-1-5-19-14)21-18(24)16-4-2-10-26-16/h1-5,10,13,19H,6-9,11-12H2,(H,20,23)(H,21,24)/p+1/b15-13-. The Hall–Kier alpha value is -2.84. The van der Waals surface area contributed by atoms with Gasteiger partial charge in [-0.05, 0) is 30.3 Å². The van der Waals surface area contributed by atoms with Crippen LogP contribution in [0.15, 0.2) is 46.8 Å². The highest BCUT2D eigenvalue weighted by Crippen LogP contribution is 2.05. The van der Waals surface area contributed by atoms with E-state index in [1.807, 2.05) is 12.1 Å². The van der Waals surface area contributed by atoms with Crippen LogP contribution >= 0.6 is 0 Å². The molecule has 3 rings (SSSR count). The minimum Gasteiger partial charge on any atom is -0.459 e. The van der Waals surface area contributed by atoms with Gasteiger partial charge in [0, 0.05) is 11.9 Å². The Kier molecular flexibility index (Phi) is 6.24. The molecule has 8 heteroatoms. The number of H-pyrrole nitrogens is 1. The average Bonchev–Trinajstić information content (AvgIpc) is 3.36. The number of carbonyl (C=O) groups excluding carboxylic acids is 2. The van der Waals surface area contributed by atoms with E-state index in [-0.39, 0.29) is 17.4 Å². The molecule has 1 aliphatic rings. The van der Waals surface area contributed by atoms with Gasteiger partial charge >= 0.3 is 0 Å². The third-order valence-electron chi connectivity index (χ3n) is 4.12. The summed E-state index contributed by atoms with van der Waals surface area (Å²) in [6, 6.07) is 6.79. The highest BCUT2D eigenvalue weighted by atomic mass is 16.5. The van der Waals surface area contributed by atoms with E-state index >= 15 is 0 Å². The van der Waals surface area contributed by atoms with Crippen molar-refractivity contribution in [1.82, 2.24) is 15.6 Å². The first-order valence-electron chi connectivity index (χ1n) is 8.62. The first-order chi connectivity index (χ1) is 12.7. The lowest BCUT2D eigenvalue weighted by Crippen LogP contribution is -3.14. The van der Waals surface area contributed by atoms with E-state index in [1.165, 1.54) is 11.2 Å². The van der Waals surface area contributed by atoms with Gasteiger partial charge in [-0.15, -0.1) is 0 Å². The minimum absolute atomic E-state index is 0.146. The molecule has 1 aliphatic heterocycles. The number of ether oxygens (including phenoxy) is 1. The Balaban J connectivity index is 1.60. The molecule has 0 saturated carbocycles. The number of aromatic nitrogens is 1. The van der Waals surface area contributed by atoms with Gasteiger partial charge in [-0.3, -0.25) is 9.59 Å². The van der Waals surface area contributed by atoms with Crippen molar-refractivity contribution >= 4 is 17.9 Å². The fourth-order valence-electron chi connectivity index (χ4n) is 2.70. The summed E-state index contributed by atoms with van der Waals surface area (Å²) in [7, 11) is 0. The Bertz CT molecular complexity index is 731. The summed E-state index contributed by atoms with van der Waals surface area (Å²) in [4.78, 5) is 29.1. The van der Waals surface area contributed by atoms with Crippen molar-refractivity contribution in [2.75, 3.05) is 39.4 Å². The van der Waals surface area contributed by atoms with Crippen molar-refractivity contribution in [2.45, 2.75) is 0 Å². The molecule has 0 aliphatic carbocycles. The first kappa shape index (κ1) is 18.0. The molecule has 138 valence electrons. The number of rotatable bonds is 7. The van der Waals surface area contributed by atoms with E-state index in [2.05, 4.69) is 15.6 Å². The third kappa shape index (κ3) is 5.08. The molecule has 0 atom stereocenters. The lowest BCUT2D eigenvalue weighted by Gasteiger charge is -2.23. The molecule has 0 spiro atoms. The van der Waals surface area contributed by atoms with Crippen molar-refractivity contribution in [1.29, 1.82) is 0 Å². The van der Waals surface area contributed by atoms with Gasteiger partial charge in [-0.1, -0.05) is 0 Å². The number of carbonyl (C=O) groups is 2. The summed E-state index contributed by atoms with van der Waals surface area (Å²) in [5, 5.41) is 5.48. The summed E-state index contributed by atoms with van der Waals surface area (Å²) in [6.45, 7) is 4.72. The lowest BCUT2D eigenvalue weighted by atomic mass is 10.3. The van der Waals surface area contributed by atoms with Crippen molar-refractivity contribution < 1.29 is 23.6 Å². The summed E-state index contributed by atoms with van der Waals surface area (Å²) in [5.74, 6) is -0.665. The second kappa shape index (κ2) is 9.02. The maximum atomic E-state index is 12.5. The first-order valence-corrected chi connectivity index (χ1v) is 8.62. The van der Waals surface area contributed by atoms with Crippen molar-refractivity contribution in [3.05, 3.63) is 53.9 Å². The molecule has 3 heterocycles. The van der Waals surface area contributed by atoms with Gasteiger partial charge in [0.2, 0.25) is 0 Å². The van der Waals surface area contributed by atoms with Crippen LogP contribution in [0.25, 0.3) is 6.08 Å². The van der Waals surface area contributed by atoms with Gasteiger partial charge in [0.25, 0.3) is 11.8 Å². The zero-order chi connectivity index (χ0) is 18.2. The molecule has 4 N–H and O–H groups in total. The van der Waals surface area contributed by atoms with E-state index < -0.39 is 5.91 Å². The van der Waals surface area contributed by atoms with E-state index in [4.69, 9.17) is 9.15 Å². The zero-order valence-corrected chi connectivity index (χ0v) is 14.4. The molecule has 8 nitrogen and oxygen atoms in total. The number of morpholine rings is 1. The monoisotopic (exact) mass is 359 g/mol. The van der Waals surface area contributed by atoms with Gasteiger partial charge < -0.3 is 29.7 Å². The lowest BCUT2D eigenvalue weighted by molar-refractivity contribution is -0.906. The van der Waals surface area contributed by atoms with E-state index in [0.717, 1.165) is 32.8 Å². The SMILES string of the molecule is O=C(NCC[NH+]1CCOCC1)/C(=C/c1ccc[nH]1)NC(=O)c1ccco1. The Morgan fingerprint density at radius 1 is 1.23 bits per heavy atom. The van der Waals surface area contributed by atoms with Gasteiger partial charge in [0.05, 0.1) is 32.6 Å².